The molecule has 2 aromatic rings. The lowest BCUT2D eigenvalue weighted by Crippen LogP contribution is -2.39. The maximum absolute atomic E-state index is 14.1. The maximum atomic E-state index is 14.1. The Morgan fingerprint density at radius 2 is 1.44 bits per heavy atom. The molecule has 196 valence electrons. The van der Waals surface area contributed by atoms with E-state index in [0.29, 0.717) is 57.3 Å². The van der Waals surface area contributed by atoms with Crippen molar-refractivity contribution < 1.29 is 26.3 Å². The van der Waals surface area contributed by atoms with Crippen LogP contribution in [0.25, 0.3) is 0 Å². The molecule has 3 rings (SSSR count). The summed E-state index contributed by atoms with van der Waals surface area (Å²) in [6, 6.07) is 14.0. The summed E-state index contributed by atoms with van der Waals surface area (Å²) in [4.78, 5) is 2.13. The Hall–Kier alpha value is -2.53. The largest absolute Gasteiger partial charge is 0.416 e. The van der Waals surface area contributed by atoms with Gasteiger partial charge in [-0.1, -0.05) is 49.2 Å². The molecule has 1 saturated carbocycles. The quantitative estimate of drug-likeness (QED) is 0.317. The Labute approximate surface area is 208 Å². The van der Waals surface area contributed by atoms with Crippen molar-refractivity contribution in [2.45, 2.75) is 82.7 Å². The minimum absolute atomic E-state index is 0.0671. The Kier molecular flexibility index (Phi) is 8.76. The Balaban J connectivity index is 2.02. The number of benzene rings is 2. The summed E-state index contributed by atoms with van der Waals surface area (Å²) in [7, 11) is 0. The number of alkyl halides is 6. The molecule has 1 fully saturated rings. The monoisotopic (exact) mass is 510 g/mol. The highest BCUT2D eigenvalue weighted by Gasteiger charge is 2.51. The summed E-state index contributed by atoms with van der Waals surface area (Å²) in [6.07, 6.45) is -7.51. The molecule has 0 heterocycles. The van der Waals surface area contributed by atoms with Crippen LogP contribution < -0.4 is 0 Å². The summed E-state index contributed by atoms with van der Waals surface area (Å²) in [5, 5.41) is 10.4. The highest BCUT2D eigenvalue weighted by molar-refractivity contribution is 5.49. The van der Waals surface area contributed by atoms with Gasteiger partial charge in [0.2, 0.25) is 0 Å². The minimum Gasteiger partial charge on any atom is -0.297 e. The van der Waals surface area contributed by atoms with Crippen LogP contribution in [0, 0.1) is 17.2 Å². The number of hydrogen-bond acceptors (Lipinski definition) is 2. The Bertz CT molecular complexity index is 1000. The summed E-state index contributed by atoms with van der Waals surface area (Å²) >= 11 is 0. The molecule has 0 radical (unpaired) electrons. The number of nitrogens with zero attached hydrogens (tertiary/aromatic N) is 2. The van der Waals surface area contributed by atoms with E-state index in [1.807, 2.05) is 50.2 Å². The van der Waals surface area contributed by atoms with Crippen molar-refractivity contribution in [2.24, 2.45) is 5.92 Å². The van der Waals surface area contributed by atoms with Crippen LogP contribution >= 0.6 is 0 Å². The van der Waals surface area contributed by atoms with Gasteiger partial charge in [-0.2, -0.15) is 31.6 Å². The van der Waals surface area contributed by atoms with Crippen molar-refractivity contribution in [2.75, 3.05) is 6.54 Å². The lowest BCUT2D eigenvalue weighted by Gasteiger charge is -2.38. The number of nitriles is 1. The molecule has 1 atom stereocenters. The molecule has 0 bridgehead atoms. The van der Waals surface area contributed by atoms with E-state index in [9.17, 15) is 31.6 Å². The lowest BCUT2D eigenvalue weighted by molar-refractivity contribution is -0.145. The van der Waals surface area contributed by atoms with Crippen LogP contribution in [-0.4, -0.2) is 17.5 Å². The normalized spacial score (nSPS) is 16.9. The summed E-state index contributed by atoms with van der Waals surface area (Å²) in [5.74, 6) is -0.561. The third kappa shape index (κ3) is 6.23. The van der Waals surface area contributed by atoms with Crippen molar-refractivity contribution in [1.29, 1.82) is 5.26 Å². The van der Waals surface area contributed by atoms with E-state index in [0.717, 1.165) is 11.6 Å². The van der Waals surface area contributed by atoms with Crippen molar-refractivity contribution in [1.82, 2.24) is 4.90 Å². The van der Waals surface area contributed by atoms with Crippen LogP contribution in [-0.2, 0) is 24.3 Å². The standard InChI is InChI=1S/C28H32F6N2/c1-20(2)36(18-21-10-4-3-5-11-21)17-9-16-26(19-35,22-12-6-7-13-22)25-23(27(29,30)31)14-8-15-24(25)28(32,33)34/h3-5,8,10-11,14-15,20,22H,6-7,9,12-13,16-18H2,1-2H3. The second-order valence-electron chi connectivity index (χ2n) is 9.94. The smallest absolute Gasteiger partial charge is 0.297 e. The molecule has 0 N–H and O–H groups in total. The van der Waals surface area contributed by atoms with Crippen molar-refractivity contribution in [3.8, 4) is 6.07 Å². The molecule has 0 amide bonds. The first-order valence-electron chi connectivity index (χ1n) is 12.4. The van der Waals surface area contributed by atoms with E-state index in [2.05, 4.69) is 4.90 Å². The molecular weight excluding hydrogens is 478 g/mol. The fourth-order valence-electron chi connectivity index (χ4n) is 5.56. The number of hydrogen-bond donors (Lipinski definition) is 0. The zero-order valence-electron chi connectivity index (χ0n) is 20.6. The average molecular weight is 511 g/mol. The topological polar surface area (TPSA) is 27.0 Å². The second-order valence-corrected chi connectivity index (χ2v) is 9.94. The molecule has 0 saturated heterocycles. The molecule has 36 heavy (non-hydrogen) atoms. The molecule has 0 spiro atoms. The van der Waals surface area contributed by atoms with Crippen LogP contribution in [0.15, 0.2) is 48.5 Å². The average Bonchev–Trinajstić information content (AvgIpc) is 3.36. The number of halogens is 6. The zero-order chi connectivity index (χ0) is 26.6. The van der Waals surface area contributed by atoms with E-state index >= 15 is 0 Å². The van der Waals surface area contributed by atoms with E-state index in [1.165, 1.54) is 0 Å². The van der Waals surface area contributed by atoms with Gasteiger partial charge in [-0.15, -0.1) is 0 Å². The van der Waals surface area contributed by atoms with E-state index in [1.54, 1.807) is 0 Å². The van der Waals surface area contributed by atoms with Crippen LogP contribution in [0.5, 0.6) is 0 Å². The highest BCUT2D eigenvalue weighted by atomic mass is 19.4. The fourth-order valence-corrected chi connectivity index (χ4v) is 5.56. The third-order valence-corrected chi connectivity index (χ3v) is 7.35. The highest BCUT2D eigenvalue weighted by Crippen LogP contribution is 2.52. The van der Waals surface area contributed by atoms with Gasteiger partial charge in [-0.3, -0.25) is 4.90 Å². The number of rotatable bonds is 9. The zero-order valence-corrected chi connectivity index (χ0v) is 20.6. The lowest BCUT2D eigenvalue weighted by atomic mass is 9.64. The van der Waals surface area contributed by atoms with Crippen molar-refractivity contribution in [3.63, 3.8) is 0 Å². The summed E-state index contributed by atoms with van der Waals surface area (Å²) < 4.78 is 84.5. The predicted octanol–water partition coefficient (Wildman–Crippen LogP) is 8.37. The van der Waals surface area contributed by atoms with Gasteiger partial charge in [0.25, 0.3) is 0 Å². The van der Waals surface area contributed by atoms with Crippen molar-refractivity contribution >= 4 is 0 Å². The SMILES string of the molecule is CC(C)N(CCCC(C#N)(c1c(C(F)(F)F)cccc1C(F)(F)F)C1CCCC1)Cc1ccccc1. The van der Waals surface area contributed by atoms with Crippen molar-refractivity contribution in [3.05, 3.63) is 70.8 Å². The van der Waals surface area contributed by atoms with Gasteiger partial charge in [0, 0.05) is 12.6 Å². The molecular formula is C28H32F6N2. The molecule has 0 aromatic heterocycles. The molecule has 1 aliphatic rings. The van der Waals surface area contributed by atoms with Gasteiger partial charge in [0.15, 0.2) is 0 Å². The Morgan fingerprint density at radius 3 is 1.92 bits per heavy atom. The first-order chi connectivity index (χ1) is 16.9. The van der Waals surface area contributed by atoms with Crippen LogP contribution in [0.4, 0.5) is 26.3 Å². The first kappa shape index (κ1) is 28.0. The molecule has 0 aliphatic heterocycles. The minimum atomic E-state index is -5.01. The van der Waals surface area contributed by atoms with E-state index in [-0.39, 0.29) is 12.5 Å². The predicted molar refractivity (Wildman–Crippen MR) is 127 cm³/mol. The molecule has 1 unspecified atom stereocenters. The van der Waals surface area contributed by atoms with Crippen LogP contribution in [0.2, 0.25) is 0 Å². The maximum Gasteiger partial charge on any atom is 0.416 e. The van der Waals surface area contributed by atoms with Gasteiger partial charge in [-0.05, 0) is 75.3 Å². The van der Waals surface area contributed by atoms with Gasteiger partial charge in [-0.25, -0.2) is 0 Å². The van der Waals surface area contributed by atoms with Gasteiger partial charge < -0.3 is 0 Å². The van der Waals surface area contributed by atoms with Gasteiger partial charge in [0.1, 0.15) is 0 Å². The Morgan fingerprint density at radius 1 is 0.889 bits per heavy atom. The van der Waals surface area contributed by atoms with Gasteiger partial charge in [0.05, 0.1) is 22.6 Å². The fraction of sp³-hybridized carbons (Fsp3) is 0.536. The molecule has 8 heteroatoms. The second kappa shape index (κ2) is 11.2. The van der Waals surface area contributed by atoms with Crippen LogP contribution in [0.1, 0.15) is 74.6 Å². The summed E-state index contributed by atoms with van der Waals surface area (Å²) in [6.45, 7) is 5.06. The molecule has 2 nitrogen and oxygen atoms in total. The summed E-state index contributed by atoms with van der Waals surface area (Å²) in [5.41, 5.74) is -4.40. The first-order valence-corrected chi connectivity index (χ1v) is 12.4. The van der Waals surface area contributed by atoms with E-state index in [4.69, 9.17) is 0 Å². The van der Waals surface area contributed by atoms with Crippen LogP contribution in [0.3, 0.4) is 0 Å². The third-order valence-electron chi connectivity index (χ3n) is 7.35. The van der Waals surface area contributed by atoms with Gasteiger partial charge >= 0.3 is 12.4 Å². The van der Waals surface area contributed by atoms with E-state index < -0.39 is 40.4 Å². The molecule has 2 aromatic carbocycles. The molecule has 1 aliphatic carbocycles.